The Bertz CT molecular complexity index is 572. The van der Waals surface area contributed by atoms with E-state index in [1.54, 1.807) is 13.8 Å². The van der Waals surface area contributed by atoms with Crippen LogP contribution in [0.15, 0.2) is 30.5 Å². The second-order valence-electron chi connectivity index (χ2n) is 5.29. The van der Waals surface area contributed by atoms with Gasteiger partial charge >= 0.3 is 5.97 Å². The fourth-order valence-corrected chi connectivity index (χ4v) is 2.15. The standard InChI is InChI=1S/C14H18N2O2/c1-14(2,13(17)18)7-11(15)10-8-16-12-6-4-3-5-9(10)12/h3-6,8,11,16H,7,15H2,1-2H3,(H,17,18). The molecular weight excluding hydrogens is 228 g/mol. The fourth-order valence-electron chi connectivity index (χ4n) is 2.15. The number of aromatic nitrogens is 1. The molecule has 4 N–H and O–H groups in total. The third-order valence-corrected chi connectivity index (χ3v) is 3.33. The zero-order valence-corrected chi connectivity index (χ0v) is 10.6. The monoisotopic (exact) mass is 246 g/mol. The van der Waals surface area contributed by atoms with Gasteiger partial charge in [-0.15, -0.1) is 0 Å². The van der Waals surface area contributed by atoms with Crippen molar-refractivity contribution in [3.05, 3.63) is 36.0 Å². The highest BCUT2D eigenvalue weighted by molar-refractivity contribution is 5.83. The van der Waals surface area contributed by atoms with Crippen LogP contribution >= 0.6 is 0 Å². The number of rotatable bonds is 4. The normalized spacial score (nSPS) is 13.7. The highest BCUT2D eigenvalue weighted by Gasteiger charge is 2.30. The van der Waals surface area contributed by atoms with Gasteiger partial charge in [0.15, 0.2) is 0 Å². The van der Waals surface area contributed by atoms with E-state index >= 15 is 0 Å². The second kappa shape index (κ2) is 4.46. The van der Waals surface area contributed by atoms with Gasteiger partial charge in [-0.2, -0.15) is 0 Å². The Hall–Kier alpha value is -1.81. The summed E-state index contributed by atoms with van der Waals surface area (Å²) in [4.78, 5) is 14.3. The molecule has 1 atom stereocenters. The zero-order valence-electron chi connectivity index (χ0n) is 10.6. The molecule has 4 nitrogen and oxygen atoms in total. The minimum absolute atomic E-state index is 0.285. The maximum absolute atomic E-state index is 11.1. The van der Waals surface area contributed by atoms with Crippen LogP contribution < -0.4 is 5.73 Å². The van der Waals surface area contributed by atoms with Crippen LogP contribution in [0.25, 0.3) is 10.9 Å². The van der Waals surface area contributed by atoms with Crippen molar-refractivity contribution in [1.82, 2.24) is 4.98 Å². The number of fused-ring (bicyclic) bond motifs is 1. The highest BCUT2D eigenvalue weighted by atomic mass is 16.4. The number of nitrogens with one attached hydrogen (secondary N) is 1. The first-order valence-electron chi connectivity index (χ1n) is 5.97. The number of carboxylic acids is 1. The van der Waals surface area contributed by atoms with Crippen LogP contribution in [0.5, 0.6) is 0 Å². The molecule has 1 heterocycles. The van der Waals surface area contributed by atoms with Crippen molar-refractivity contribution < 1.29 is 9.90 Å². The van der Waals surface area contributed by atoms with Gasteiger partial charge in [0.25, 0.3) is 0 Å². The van der Waals surface area contributed by atoms with E-state index in [-0.39, 0.29) is 6.04 Å². The predicted molar refractivity (Wildman–Crippen MR) is 71.3 cm³/mol. The van der Waals surface area contributed by atoms with Crippen LogP contribution in [0.2, 0.25) is 0 Å². The molecule has 0 saturated carbocycles. The van der Waals surface area contributed by atoms with Gasteiger partial charge in [-0.1, -0.05) is 18.2 Å². The molecule has 0 saturated heterocycles. The number of carbonyl (C=O) groups is 1. The molecule has 0 aliphatic carbocycles. The number of H-pyrrole nitrogens is 1. The van der Waals surface area contributed by atoms with E-state index in [4.69, 9.17) is 10.8 Å². The zero-order chi connectivity index (χ0) is 13.3. The molecule has 0 bridgehead atoms. The summed E-state index contributed by atoms with van der Waals surface area (Å²) in [5, 5.41) is 10.2. The number of para-hydroxylation sites is 1. The van der Waals surface area contributed by atoms with Crippen LogP contribution in [0.4, 0.5) is 0 Å². The smallest absolute Gasteiger partial charge is 0.309 e. The van der Waals surface area contributed by atoms with E-state index in [0.717, 1.165) is 16.5 Å². The Balaban J connectivity index is 2.29. The summed E-state index contributed by atoms with van der Waals surface area (Å²) < 4.78 is 0. The van der Waals surface area contributed by atoms with Crippen LogP contribution in [0, 0.1) is 5.41 Å². The highest BCUT2D eigenvalue weighted by Crippen LogP contribution is 2.32. The van der Waals surface area contributed by atoms with Crippen molar-refractivity contribution in [1.29, 1.82) is 0 Å². The Labute approximate surface area is 106 Å². The van der Waals surface area contributed by atoms with E-state index in [1.807, 2.05) is 30.5 Å². The lowest BCUT2D eigenvalue weighted by atomic mass is 9.84. The number of aliphatic carboxylic acids is 1. The molecule has 1 aromatic carbocycles. The maximum Gasteiger partial charge on any atom is 0.309 e. The van der Waals surface area contributed by atoms with Gasteiger partial charge in [-0.05, 0) is 31.9 Å². The van der Waals surface area contributed by atoms with Gasteiger partial charge in [0.1, 0.15) is 0 Å². The number of aromatic amines is 1. The lowest BCUT2D eigenvalue weighted by molar-refractivity contribution is -0.147. The van der Waals surface area contributed by atoms with Crippen LogP contribution in [-0.4, -0.2) is 16.1 Å². The van der Waals surface area contributed by atoms with Crippen molar-refractivity contribution in [2.75, 3.05) is 0 Å². The Morgan fingerprint density at radius 1 is 1.44 bits per heavy atom. The minimum atomic E-state index is -0.822. The number of hydrogen-bond donors (Lipinski definition) is 3. The number of benzene rings is 1. The van der Waals surface area contributed by atoms with Crippen molar-refractivity contribution in [3.8, 4) is 0 Å². The molecule has 2 aromatic rings. The summed E-state index contributed by atoms with van der Waals surface area (Å²) in [6.07, 6.45) is 2.28. The topological polar surface area (TPSA) is 79.1 Å². The summed E-state index contributed by atoms with van der Waals surface area (Å²) in [5.41, 5.74) is 7.32. The molecule has 1 aromatic heterocycles. The average Bonchev–Trinajstić information content (AvgIpc) is 2.71. The van der Waals surface area contributed by atoms with Crippen LogP contribution in [-0.2, 0) is 4.79 Å². The van der Waals surface area contributed by atoms with E-state index in [2.05, 4.69) is 4.98 Å². The van der Waals surface area contributed by atoms with E-state index in [9.17, 15) is 4.79 Å². The number of nitrogens with two attached hydrogens (primary N) is 1. The van der Waals surface area contributed by atoms with Gasteiger partial charge in [-0.25, -0.2) is 0 Å². The van der Waals surface area contributed by atoms with Crippen molar-refractivity contribution in [2.24, 2.45) is 11.1 Å². The molecule has 18 heavy (non-hydrogen) atoms. The van der Waals surface area contributed by atoms with Crippen molar-refractivity contribution in [2.45, 2.75) is 26.3 Å². The van der Waals surface area contributed by atoms with Gasteiger partial charge in [0.2, 0.25) is 0 Å². The van der Waals surface area contributed by atoms with E-state index in [1.165, 1.54) is 0 Å². The summed E-state index contributed by atoms with van der Waals surface area (Å²) >= 11 is 0. The molecule has 96 valence electrons. The lowest BCUT2D eigenvalue weighted by Gasteiger charge is -2.23. The van der Waals surface area contributed by atoms with Crippen LogP contribution in [0.1, 0.15) is 31.9 Å². The molecule has 0 amide bonds. The minimum Gasteiger partial charge on any atom is -0.481 e. The molecular formula is C14H18N2O2. The van der Waals surface area contributed by atoms with Gasteiger partial charge in [0.05, 0.1) is 5.41 Å². The molecule has 4 heteroatoms. The van der Waals surface area contributed by atoms with Crippen molar-refractivity contribution >= 4 is 16.9 Å². The third-order valence-electron chi connectivity index (χ3n) is 3.33. The maximum atomic E-state index is 11.1. The SMILES string of the molecule is CC(C)(CC(N)c1c[nH]c2ccccc12)C(=O)O. The first-order valence-corrected chi connectivity index (χ1v) is 5.97. The Kier molecular flexibility index (Phi) is 3.13. The first-order chi connectivity index (χ1) is 8.42. The third kappa shape index (κ3) is 2.24. The molecule has 0 spiro atoms. The quantitative estimate of drug-likeness (QED) is 0.776. The lowest BCUT2D eigenvalue weighted by Crippen LogP contribution is -2.28. The second-order valence-corrected chi connectivity index (χ2v) is 5.29. The number of carboxylic acid groups (broad SMARTS) is 1. The fraction of sp³-hybridized carbons (Fsp3) is 0.357. The predicted octanol–water partition coefficient (Wildman–Crippen LogP) is 2.67. The largest absolute Gasteiger partial charge is 0.481 e. The summed E-state index contributed by atoms with van der Waals surface area (Å²) in [6.45, 7) is 3.40. The van der Waals surface area contributed by atoms with E-state index in [0.29, 0.717) is 6.42 Å². The summed E-state index contributed by atoms with van der Waals surface area (Å²) in [5.74, 6) is -0.821. The summed E-state index contributed by atoms with van der Waals surface area (Å²) in [7, 11) is 0. The number of hydrogen-bond acceptors (Lipinski definition) is 2. The first kappa shape index (κ1) is 12.6. The molecule has 1 unspecified atom stereocenters. The van der Waals surface area contributed by atoms with Crippen LogP contribution in [0.3, 0.4) is 0 Å². The Morgan fingerprint density at radius 3 is 2.78 bits per heavy atom. The average molecular weight is 246 g/mol. The van der Waals surface area contributed by atoms with Gasteiger partial charge in [-0.3, -0.25) is 4.79 Å². The van der Waals surface area contributed by atoms with Crippen molar-refractivity contribution in [3.63, 3.8) is 0 Å². The van der Waals surface area contributed by atoms with Gasteiger partial charge < -0.3 is 15.8 Å². The Morgan fingerprint density at radius 2 is 2.11 bits per heavy atom. The molecule has 2 rings (SSSR count). The summed E-state index contributed by atoms with van der Waals surface area (Å²) in [6, 6.07) is 7.60. The molecule has 0 fully saturated rings. The van der Waals surface area contributed by atoms with Gasteiger partial charge in [0, 0.05) is 23.1 Å². The molecule has 0 radical (unpaired) electrons. The van der Waals surface area contributed by atoms with E-state index < -0.39 is 11.4 Å². The molecule has 0 aliphatic rings. The molecule has 0 aliphatic heterocycles.